The van der Waals surface area contributed by atoms with E-state index in [4.69, 9.17) is 0 Å². The summed E-state index contributed by atoms with van der Waals surface area (Å²) >= 11 is 0. The summed E-state index contributed by atoms with van der Waals surface area (Å²) in [6.45, 7) is 11.5. The number of anilines is 1. The number of rotatable bonds is 1. The molecule has 0 bridgehead atoms. The molecule has 1 saturated heterocycles. The minimum Gasteiger partial charge on any atom is -0.422 e. The van der Waals surface area contributed by atoms with E-state index in [-0.39, 0.29) is 5.82 Å². The van der Waals surface area contributed by atoms with Crippen molar-refractivity contribution in [3.05, 3.63) is 29.6 Å². The molecule has 1 aromatic rings. The number of para-hydroxylation sites is 1. The quantitative estimate of drug-likeness (QED) is 0.683. The van der Waals surface area contributed by atoms with Gasteiger partial charge in [0.05, 0.1) is 5.69 Å². The van der Waals surface area contributed by atoms with Crippen LogP contribution in [-0.4, -0.2) is 16.5 Å². The number of hydrogen-bond donors (Lipinski definition) is 0. The van der Waals surface area contributed by atoms with Gasteiger partial charge in [0.25, 0.3) is 0 Å². The van der Waals surface area contributed by atoms with E-state index in [1.165, 1.54) is 12.1 Å². The van der Waals surface area contributed by atoms with Crippen LogP contribution in [0.1, 0.15) is 5.56 Å². The van der Waals surface area contributed by atoms with E-state index in [0.717, 1.165) is 11.3 Å². The number of benzene rings is 1. The van der Waals surface area contributed by atoms with Crippen molar-refractivity contribution >= 4 is 22.2 Å². The van der Waals surface area contributed by atoms with E-state index in [0.29, 0.717) is 0 Å². The van der Waals surface area contributed by atoms with Gasteiger partial charge in [-0.25, -0.2) is 4.39 Å². The lowest BCUT2D eigenvalue weighted by molar-refractivity contribution is 0.629. The van der Waals surface area contributed by atoms with E-state index >= 15 is 0 Å². The first-order valence-corrected chi connectivity index (χ1v) is 12.6. The van der Waals surface area contributed by atoms with Gasteiger partial charge in [0.15, 0.2) is 0 Å². The molecule has 1 aliphatic heterocycles. The van der Waals surface area contributed by atoms with Crippen molar-refractivity contribution in [1.82, 2.24) is 0 Å². The molecule has 0 aliphatic carbocycles. The van der Waals surface area contributed by atoms with Gasteiger partial charge in [-0.15, -0.1) is 0 Å². The summed E-state index contributed by atoms with van der Waals surface area (Å²) in [5.41, 5.74) is 1.99. The number of halogens is 1. The van der Waals surface area contributed by atoms with Gasteiger partial charge in [-0.3, -0.25) is 0 Å². The van der Waals surface area contributed by atoms with E-state index in [1.807, 2.05) is 19.1 Å². The fourth-order valence-corrected chi connectivity index (χ4v) is 17.5. The van der Waals surface area contributed by atoms with Crippen LogP contribution in [0.3, 0.4) is 0 Å². The van der Waals surface area contributed by atoms with Gasteiger partial charge in [0.2, 0.25) is 0 Å². The Balaban J connectivity index is 2.58. The maximum atomic E-state index is 14.2. The maximum absolute atomic E-state index is 14.2. The molecule has 4 heteroatoms. The van der Waals surface area contributed by atoms with Crippen LogP contribution in [0.2, 0.25) is 38.3 Å². The Kier molecular flexibility index (Phi) is 2.98. The Morgan fingerprint density at radius 1 is 1.06 bits per heavy atom. The van der Waals surface area contributed by atoms with E-state index in [2.05, 4.69) is 30.4 Å². The Morgan fingerprint density at radius 3 is 2.06 bits per heavy atom. The molecule has 1 fully saturated rings. The molecular formula is C13H22FNSi2. The van der Waals surface area contributed by atoms with Gasteiger partial charge in [0, 0.05) is 0 Å². The van der Waals surface area contributed by atoms with Gasteiger partial charge in [0.1, 0.15) is 22.3 Å². The summed E-state index contributed by atoms with van der Waals surface area (Å²) in [5, 5.41) is 0. The third kappa shape index (κ3) is 2.08. The zero-order valence-electron chi connectivity index (χ0n) is 11.5. The molecule has 0 unspecified atom stereocenters. The van der Waals surface area contributed by atoms with Crippen molar-refractivity contribution in [2.75, 3.05) is 4.23 Å². The molecule has 2 rings (SSSR count). The molecule has 0 amide bonds. The topological polar surface area (TPSA) is 3.24 Å². The molecule has 94 valence electrons. The number of aryl methyl sites for hydroxylation is 1. The monoisotopic (exact) mass is 267 g/mol. The van der Waals surface area contributed by atoms with Gasteiger partial charge in [-0.05, 0) is 30.6 Å². The smallest absolute Gasteiger partial charge is 0.145 e. The van der Waals surface area contributed by atoms with Crippen molar-refractivity contribution in [1.29, 1.82) is 0 Å². The molecule has 1 aliphatic rings. The van der Waals surface area contributed by atoms with Crippen LogP contribution in [0.25, 0.3) is 0 Å². The summed E-state index contributed by atoms with van der Waals surface area (Å²) in [5.74, 6) is -0.0342. The van der Waals surface area contributed by atoms with Gasteiger partial charge >= 0.3 is 0 Å². The fraction of sp³-hybridized carbons (Fsp3) is 0.538. The Bertz CT molecular complexity index is 407. The van der Waals surface area contributed by atoms with Crippen LogP contribution in [0.4, 0.5) is 10.1 Å². The van der Waals surface area contributed by atoms with Crippen LogP contribution in [0.15, 0.2) is 18.2 Å². The minimum atomic E-state index is -1.45. The largest absolute Gasteiger partial charge is 0.422 e. The lowest BCUT2D eigenvalue weighted by Gasteiger charge is -2.42. The van der Waals surface area contributed by atoms with Gasteiger partial charge < -0.3 is 4.23 Å². The zero-order valence-corrected chi connectivity index (χ0v) is 13.5. The molecule has 17 heavy (non-hydrogen) atoms. The Hall–Kier alpha value is -0.616. The number of nitrogens with zero attached hydrogens (tertiary/aromatic N) is 1. The molecule has 0 spiro atoms. The van der Waals surface area contributed by atoms with Crippen molar-refractivity contribution in [3.8, 4) is 0 Å². The Labute approximate surface area is 106 Å². The lowest BCUT2D eigenvalue weighted by atomic mass is 10.2. The molecular weight excluding hydrogens is 245 g/mol. The van der Waals surface area contributed by atoms with Gasteiger partial charge in [-0.1, -0.05) is 38.3 Å². The second kappa shape index (κ2) is 3.95. The first-order chi connectivity index (χ1) is 7.76. The van der Waals surface area contributed by atoms with Crippen LogP contribution in [-0.2, 0) is 0 Å². The average molecular weight is 267 g/mol. The Morgan fingerprint density at radius 2 is 1.59 bits per heavy atom. The lowest BCUT2D eigenvalue weighted by Crippen LogP contribution is -2.55. The summed E-state index contributed by atoms with van der Waals surface area (Å²) in [6, 6.07) is 8.06. The van der Waals surface area contributed by atoms with Crippen molar-refractivity contribution in [3.63, 3.8) is 0 Å². The SMILES string of the molecule is Cc1cccc(F)c1N1[Si](C)(C)CC[Si]1(C)C. The van der Waals surface area contributed by atoms with Crippen molar-refractivity contribution in [2.45, 2.75) is 45.2 Å². The third-order valence-electron chi connectivity index (χ3n) is 3.97. The highest BCUT2D eigenvalue weighted by molar-refractivity contribution is 7.04. The predicted octanol–water partition coefficient (Wildman–Crippen LogP) is 4.36. The van der Waals surface area contributed by atoms with Gasteiger partial charge in [-0.2, -0.15) is 0 Å². The summed E-state index contributed by atoms with van der Waals surface area (Å²) in [7, 11) is -2.91. The number of hydrogen-bond acceptors (Lipinski definition) is 1. The zero-order chi connectivity index (χ0) is 12.8. The van der Waals surface area contributed by atoms with E-state index in [1.54, 1.807) is 6.07 Å². The first-order valence-electron chi connectivity index (χ1n) is 6.31. The minimum absolute atomic E-state index is 0.0342. The van der Waals surface area contributed by atoms with Crippen molar-refractivity contribution in [2.24, 2.45) is 0 Å². The molecule has 1 nitrogen and oxygen atoms in total. The highest BCUT2D eigenvalue weighted by Crippen LogP contribution is 2.42. The van der Waals surface area contributed by atoms with Crippen molar-refractivity contribution < 1.29 is 4.39 Å². The second-order valence-corrected chi connectivity index (χ2v) is 16.0. The first kappa shape index (κ1) is 12.8. The summed E-state index contributed by atoms with van der Waals surface area (Å²) < 4.78 is 16.7. The van der Waals surface area contributed by atoms with Crippen LogP contribution in [0.5, 0.6) is 0 Å². The highest BCUT2D eigenvalue weighted by Gasteiger charge is 2.48. The van der Waals surface area contributed by atoms with Crippen LogP contribution in [0, 0.1) is 12.7 Å². The average Bonchev–Trinajstić information content (AvgIpc) is 2.40. The third-order valence-corrected chi connectivity index (χ3v) is 13.9. The van der Waals surface area contributed by atoms with E-state index < -0.39 is 16.5 Å². The normalized spacial score (nSPS) is 21.9. The summed E-state index contributed by atoms with van der Waals surface area (Å²) in [4.78, 5) is 0. The van der Waals surface area contributed by atoms with Crippen LogP contribution < -0.4 is 4.23 Å². The van der Waals surface area contributed by atoms with Crippen LogP contribution >= 0.6 is 0 Å². The maximum Gasteiger partial charge on any atom is 0.145 e. The highest BCUT2D eigenvalue weighted by atomic mass is 28.4. The second-order valence-electron chi connectivity index (χ2n) is 6.37. The molecule has 1 heterocycles. The standard InChI is InChI=1S/C13H22FNSi2/c1-11-7-6-8-12(14)13(11)15-16(2,3)9-10-17(15,4)5/h6-8H,9-10H2,1-5H3. The molecule has 0 atom stereocenters. The molecule has 0 saturated carbocycles. The fourth-order valence-electron chi connectivity index (χ4n) is 3.17. The van der Waals surface area contributed by atoms with E-state index in [9.17, 15) is 4.39 Å². The summed E-state index contributed by atoms with van der Waals surface area (Å²) in [6.07, 6.45) is 0. The molecule has 1 aromatic carbocycles. The molecule has 0 radical (unpaired) electrons. The molecule has 0 aromatic heterocycles. The predicted molar refractivity (Wildman–Crippen MR) is 78.2 cm³/mol. The molecule has 0 N–H and O–H groups in total.